The summed E-state index contributed by atoms with van der Waals surface area (Å²) in [6.07, 6.45) is 0.813. The molecule has 2 aromatic rings. The Hall–Kier alpha value is -3.33. The van der Waals surface area contributed by atoms with Crippen molar-refractivity contribution in [2.45, 2.75) is 4.90 Å². The summed E-state index contributed by atoms with van der Waals surface area (Å²) in [5, 5.41) is 10.6. The smallest absolute Gasteiger partial charge is 0.339 e. The SMILES string of the molecule is O=C1C=C(OS(=O)(=O)c2ccc([N+](=O)[O-])cc2)C(=O)c2ccccc21. The molecule has 126 valence electrons. The van der Waals surface area contributed by atoms with Gasteiger partial charge in [0.2, 0.25) is 5.78 Å². The molecule has 0 atom stereocenters. The van der Waals surface area contributed by atoms with E-state index >= 15 is 0 Å². The molecule has 0 saturated carbocycles. The third-order valence-electron chi connectivity index (χ3n) is 3.46. The van der Waals surface area contributed by atoms with Gasteiger partial charge in [0.05, 0.1) is 4.92 Å². The van der Waals surface area contributed by atoms with Crippen molar-refractivity contribution >= 4 is 27.4 Å². The van der Waals surface area contributed by atoms with E-state index in [1.54, 1.807) is 6.07 Å². The number of carbonyl (C=O) groups is 2. The van der Waals surface area contributed by atoms with Crippen LogP contribution in [0.15, 0.2) is 65.3 Å². The number of allylic oxidation sites excluding steroid dienone is 2. The second-order valence-corrected chi connectivity index (χ2v) is 6.58. The van der Waals surface area contributed by atoms with Crippen molar-refractivity contribution in [1.82, 2.24) is 0 Å². The summed E-state index contributed by atoms with van der Waals surface area (Å²) in [5.74, 6) is -1.91. The highest BCUT2D eigenvalue weighted by Crippen LogP contribution is 2.26. The summed E-state index contributed by atoms with van der Waals surface area (Å²) in [7, 11) is -4.43. The zero-order valence-corrected chi connectivity index (χ0v) is 13.2. The highest BCUT2D eigenvalue weighted by molar-refractivity contribution is 7.86. The van der Waals surface area contributed by atoms with E-state index in [0.29, 0.717) is 0 Å². The molecule has 2 aromatic carbocycles. The van der Waals surface area contributed by atoms with Crippen LogP contribution in [-0.2, 0) is 14.3 Å². The number of Topliss-reactive ketones (excluding diaryl/α,β-unsaturated/α-hetero) is 1. The average molecular weight is 359 g/mol. The third-order valence-corrected chi connectivity index (χ3v) is 4.71. The summed E-state index contributed by atoms with van der Waals surface area (Å²) >= 11 is 0. The molecule has 0 aromatic heterocycles. The maximum atomic E-state index is 12.3. The van der Waals surface area contributed by atoms with E-state index in [0.717, 1.165) is 30.3 Å². The van der Waals surface area contributed by atoms with Gasteiger partial charge in [-0.2, -0.15) is 8.42 Å². The van der Waals surface area contributed by atoms with Gasteiger partial charge in [0.15, 0.2) is 11.5 Å². The number of benzene rings is 2. The van der Waals surface area contributed by atoms with Crippen molar-refractivity contribution in [1.29, 1.82) is 0 Å². The van der Waals surface area contributed by atoms with Crippen molar-refractivity contribution in [3.8, 4) is 0 Å². The van der Waals surface area contributed by atoms with Crippen LogP contribution < -0.4 is 0 Å². The summed E-state index contributed by atoms with van der Waals surface area (Å²) in [6, 6.07) is 9.92. The minimum absolute atomic E-state index is 0.0453. The third kappa shape index (κ3) is 3.04. The van der Waals surface area contributed by atoms with Crippen LogP contribution in [0.25, 0.3) is 0 Å². The number of rotatable bonds is 4. The molecule has 0 N–H and O–H groups in total. The molecular formula is C16H9NO7S. The van der Waals surface area contributed by atoms with Gasteiger partial charge in [0.1, 0.15) is 4.90 Å². The number of carbonyl (C=O) groups excluding carboxylic acids is 2. The molecule has 8 nitrogen and oxygen atoms in total. The molecular weight excluding hydrogens is 350 g/mol. The van der Waals surface area contributed by atoms with Gasteiger partial charge in [0.25, 0.3) is 5.69 Å². The Morgan fingerprint density at radius 3 is 2.12 bits per heavy atom. The number of hydrogen-bond donors (Lipinski definition) is 0. The topological polar surface area (TPSA) is 121 Å². The predicted octanol–water partition coefficient (Wildman–Crippen LogP) is 2.26. The second-order valence-electron chi connectivity index (χ2n) is 5.04. The van der Waals surface area contributed by atoms with E-state index in [9.17, 15) is 28.1 Å². The molecule has 0 amide bonds. The molecule has 0 spiro atoms. The second kappa shape index (κ2) is 5.95. The highest BCUT2D eigenvalue weighted by Gasteiger charge is 2.30. The van der Waals surface area contributed by atoms with Gasteiger partial charge in [-0.05, 0) is 12.1 Å². The first-order valence-corrected chi connectivity index (χ1v) is 8.29. The molecule has 1 aliphatic carbocycles. The van der Waals surface area contributed by atoms with Gasteiger partial charge in [0, 0.05) is 29.3 Å². The van der Waals surface area contributed by atoms with E-state index < -0.39 is 32.4 Å². The van der Waals surface area contributed by atoms with Crippen LogP contribution in [0.3, 0.4) is 0 Å². The maximum Gasteiger partial charge on any atom is 0.339 e. The lowest BCUT2D eigenvalue weighted by atomic mass is 9.94. The molecule has 25 heavy (non-hydrogen) atoms. The lowest BCUT2D eigenvalue weighted by Crippen LogP contribution is -2.20. The first-order chi connectivity index (χ1) is 11.8. The molecule has 0 radical (unpaired) electrons. The van der Waals surface area contributed by atoms with E-state index in [1.165, 1.54) is 18.2 Å². The normalized spacial score (nSPS) is 13.8. The number of nitrogens with zero attached hydrogens (tertiary/aromatic N) is 1. The molecule has 9 heteroatoms. The van der Waals surface area contributed by atoms with Crippen molar-refractivity contribution in [3.05, 3.63) is 81.6 Å². The number of nitro benzene ring substituents is 1. The van der Waals surface area contributed by atoms with Crippen molar-refractivity contribution in [2.75, 3.05) is 0 Å². The molecule has 0 unspecified atom stereocenters. The van der Waals surface area contributed by atoms with Crippen LogP contribution in [0.4, 0.5) is 5.69 Å². The first kappa shape index (κ1) is 16.5. The Morgan fingerprint density at radius 1 is 0.920 bits per heavy atom. The van der Waals surface area contributed by atoms with E-state index in [2.05, 4.69) is 0 Å². The Morgan fingerprint density at radius 2 is 1.52 bits per heavy atom. The van der Waals surface area contributed by atoms with Crippen LogP contribution in [0.5, 0.6) is 0 Å². The largest absolute Gasteiger partial charge is 0.375 e. The lowest BCUT2D eigenvalue weighted by Gasteiger charge is -2.15. The van der Waals surface area contributed by atoms with Gasteiger partial charge in [-0.15, -0.1) is 0 Å². The van der Waals surface area contributed by atoms with E-state index in [1.807, 2.05) is 0 Å². The maximum absolute atomic E-state index is 12.3. The summed E-state index contributed by atoms with van der Waals surface area (Å²) in [4.78, 5) is 33.9. The quantitative estimate of drug-likeness (QED) is 0.466. The molecule has 3 rings (SSSR count). The fourth-order valence-electron chi connectivity index (χ4n) is 2.25. The number of hydrogen-bond acceptors (Lipinski definition) is 7. The van der Waals surface area contributed by atoms with Crippen molar-refractivity contribution < 1.29 is 27.1 Å². The van der Waals surface area contributed by atoms with Crippen LogP contribution in [-0.4, -0.2) is 24.9 Å². The van der Waals surface area contributed by atoms with Crippen LogP contribution >= 0.6 is 0 Å². The summed E-state index contributed by atoms with van der Waals surface area (Å²) in [6.45, 7) is 0. The zero-order chi connectivity index (χ0) is 18.2. The van der Waals surface area contributed by atoms with Gasteiger partial charge < -0.3 is 4.18 Å². The number of fused-ring (bicyclic) bond motifs is 1. The molecule has 0 heterocycles. The monoisotopic (exact) mass is 359 g/mol. The summed E-state index contributed by atoms with van der Waals surface area (Å²) in [5.41, 5.74) is -0.0903. The Bertz CT molecular complexity index is 1040. The predicted molar refractivity (Wildman–Crippen MR) is 84.6 cm³/mol. The molecule has 0 fully saturated rings. The number of ketones is 2. The minimum Gasteiger partial charge on any atom is -0.375 e. The lowest BCUT2D eigenvalue weighted by molar-refractivity contribution is -0.384. The van der Waals surface area contributed by atoms with Crippen molar-refractivity contribution in [3.63, 3.8) is 0 Å². The van der Waals surface area contributed by atoms with Crippen LogP contribution in [0, 0.1) is 10.1 Å². The standard InChI is InChI=1S/C16H9NO7S/c18-14-9-15(16(19)13-4-2-1-3-12(13)14)24-25(22,23)11-7-5-10(6-8-11)17(20)21/h1-9H. The van der Waals surface area contributed by atoms with Gasteiger partial charge in [-0.25, -0.2) is 0 Å². The number of non-ortho nitro benzene ring substituents is 1. The van der Waals surface area contributed by atoms with Gasteiger partial charge in [-0.3, -0.25) is 19.7 Å². The van der Waals surface area contributed by atoms with E-state index in [-0.39, 0.29) is 21.7 Å². The molecule has 1 aliphatic rings. The fraction of sp³-hybridized carbons (Fsp3) is 0. The van der Waals surface area contributed by atoms with Gasteiger partial charge >= 0.3 is 10.1 Å². The molecule has 0 aliphatic heterocycles. The van der Waals surface area contributed by atoms with E-state index in [4.69, 9.17) is 4.18 Å². The minimum atomic E-state index is -4.43. The highest BCUT2D eigenvalue weighted by atomic mass is 32.2. The first-order valence-electron chi connectivity index (χ1n) is 6.88. The Labute approximate surface area is 141 Å². The van der Waals surface area contributed by atoms with Crippen LogP contribution in [0.1, 0.15) is 20.7 Å². The molecule has 0 bridgehead atoms. The number of nitro groups is 1. The van der Waals surface area contributed by atoms with Gasteiger partial charge in [-0.1, -0.05) is 24.3 Å². The Kier molecular flexibility index (Phi) is 3.93. The Balaban J connectivity index is 1.92. The zero-order valence-electron chi connectivity index (χ0n) is 12.4. The fourth-order valence-corrected chi connectivity index (χ4v) is 3.18. The summed E-state index contributed by atoms with van der Waals surface area (Å²) < 4.78 is 29.3. The average Bonchev–Trinajstić information content (AvgIpc) is 2.59. The van der Waals surface area contributed by atoms with Crippen molar-refractivity contribution in [2.24, 2.45) is 0 Å². The molecule has 0 saturated heterocycles. The van der Waals surface area contributed by atoms with Crippen LogP contribution in [0.2, 0.25) is 0 Å².